The highest BCUT2D eigenvalue weighted by molar-refractivity contribution is 5.89. The first-order chi connectivity index (χ1) is 10.2. The predicted molar refractivity (Wildman–Crippen MR) is 78.7 cm³/mol. The van der Waals surface area contributed by atoms with Crippen LogP contribution >= 0.6 is 0 Å². The van der Waals surface area contributed by atoms with E-state index in [1.165, 1.54) is 16.5 Å². The monoisotopic (exact) mass is 284 g/mol. The SMILES string of the molecule is Cn1cc(CCCC(=O)Nc2nn[nH]n2)c2ccccc21. The Morgan fingerprint density at radius 3 is 3.05 bits per heavy atom. The van der Waals surface area contributed by atoms with E-state index >= 15 is 0 Å². The van der Waals surface area contributed by atoms with E-state index in [4.69, 9.17) is 0 Å². The molecule has 0 radical (unpaired) electrons. The summed E-state index contributed by atoms with van der Waals surface area (Å²) >= 11 is 0. The molecular formula is C14H16N6O. The van der Waals surface area contributed by atoms with Crippen LogP contribution in [-0.2, 0) is 18.3 Å². The maximum absolute atomic E-state index is 11.7. The number of para-hydroxylation sites is 1. The van der Waals surface area contributed by atoms with Gasteiger partial charge in [0.1, 0.15) is 0 Å². The van der Waals surface area contributed by atoms with Crippen LogP contribution in [0.4, 0.5) is 5.95 Å². The van der Waals surface area contributed by atoms with E-state index in [2.05, 4.69) is 48.8 Å². The van der Waals surface area contributed by atoms with Gasteiger partial charge in [0.05, 0.1) is 0 Å². The van der Waals surface area contributed by atoms with Gasteiger partial charge in [-0.2, -0.15) is 5.21 Å². The van der Waals surface area contributed by atoms with Crippen molar-refractivity contribution in [1.29, 1.82) is 0 Å². The summed E-state index contributed by atoms with van der Waals surface area (Å²) < 4.78 is 2.12. The number of aryl methyl sites for hydroxylation is 2. The second-order valence-corrected chi connectivity index (χ2v) is 4.92. The highest BCUT2D eigenvalue weighted by Crippen LogP contribution is 2.21. The molecule has 2 N–H and O–H groups in total. The summed E-state index contributed by atoms with van der Waals surface area (Å²) in [4.78, 5) is 11.7. The fourth-order valence-electron chi connectivity index (χ4n) is 2.47. The molecule has 0 spiro atoms. The number of rotatable bonds is 5. The number of aromatic nitrogens is 5. The van der Waals surface area contributed by atoms with Gasteiger partial charge in [0.2, 0.25) is 5.91 Å². The Balaban J connectivity index is 1.58. The number of fused-ring (bicyclic) bond motifs is 1. The van der Waals surface area contributed by atoms with Gasteiger partial charge in [-0.25, -0.2) is 0 Å². The van der Waals surface area contributed by atoms with Crippen LogP contribution in [-0.4, -0.2) is 31.1 Å². The molecule has 2 heterocycles. The Labute approximate surface area is 121 Å². The molecule has 0 atom stereocenters. The van der Waals surface area contributed by atoms with E-state index < -0.39 is 0 Å². The number of carbonyl (C=O) groups excluding carboxylic acids is 1. The molecule has 0 bridgehead atoms. The van der Waals surface area contributed by atoms with E-state index in [0.717, 1.165) is 12.8 Å². The minimum absolute atomic E-state index is 0.100. The highest BCUT2D eigenvalue weighted by Gasteiger charge is 2.08. The molecule has 7 nitrogen and oxygen atoms in total. The first kappa shape index (κ1) is 13.3. The number of tetrazole rings is 1. The van der Waals surface area contributed by atoms with Crippen molar-refractivity contribution in [3.63, 3.8) is 0 Å². The topological polar surface area (TPSA) is 88.5 Å². The molecule has 0 aliphatic carbocycles. The first-order valence-corrected chi connectivity index (χ1v) is 6.80. The van der Waals surface area contributed by atoms with E-state index in [-0.39, 0.29) is 11.9 Å². The fraction of sp³-hybridized carbons (Fsp3) is 0.286. The number of H-pyrrole nitrogens is 1. The molecule has 21 heavy (non-hydrogen) atoms. The van der Waals surface area contributed by atoms with Crippen LogP contribution in [0.3, 0.4) is 0 Å². The van der Waals surface area contributed by atoms with Gasteiger partial charge in [-0.15, -0.1) is 5.10 Å². The van der Waals surface area contributed by atoms with Crippen molar-refractivity contribution >= 4 is 22.8 Å². The van der Waals surface area contributed by atoms with E-state index in [1.807, 2.05) is 19.2 Å². The third-order valence-corrected chi connectivity index (χ3v) is 3.43. The minimum Gasteiger partial charge on any atom is -0.350 e. The summed E-state index contributed by atoms with van der Waals surface area (Å²) in [6.07, 6.45) is 4.19. The van der Waals surface area contributed by atoms with Gasteiger partial charge >= 0.3 is 0 Å². The molecule has 3 rings (SSSR count). The molecule has 0 saturated heterocycles. The lowest BCUT2D eigenvalue weighted by Gasteiger charge is -2.00. The van der Waals surface area contributed by atoms with Crippen LogP contribution < -0.4 is 5.32 Å². The van der Waals surface area contributed by atoms with Gasteiger partial charge in [-0.1, -0.05) is 23.3 Å². The van der Waals surface area contributed by atoms with Crippen LogP contribution in [0.5, 0.6) is 0 Å². The van der Waals surface area contributed by atoms with Crippen LogP contribution in [0.1, 0.15) is 18.4 Å². The van der Waals surface area contributed by atoms with Crippen molar-refractivity contribution in [3.8, 4) is 0 Å². The molecule has 0 aliphatic heterocycles. The highest BCUT2D eigenvalue weighted by atomic mass is 16.1. The zero-order chi connectivity index (χ0) is 14.7. The van der Waals surface area contributed by atoms with Crippen molar-refractivity contribution in [1.82, 2.24) is 25.2 Å². The molecule has 0 unspecified atom stereocenters. The number of nitrogens with one attached hydrogen (secondary N) is 2. The number of amides is 1. The van der Waals surface area contributed by atoms with Crippen LogP contribution in [0.2, 0.25) is 0 Å². The standard InChI is InChI=1S/C14H16N6O/c1-20-9-10(11-6-2-3-7-12(11)20)5-4-8-13(21)15-14-16-18-19-17-14/h2-3,6-7,9H,4-5,8H2,1H3,(H2,15,16,17,18,19,21). The molecule has 2 aromatic heterocycles. The fourth-order valence-corrected chi connectivity index (χ4v) is 2.47. The average Bonchev–Trinajstić information content (AvgIpc) is 3.09. The van der Waals surface area contributed by atoms with Crippen molar-refractivity contribution in [2.45, 2.75) is 19.3 Å². The summed E-state index contributed by atoms with van der Waals surface area (Å²) in [6.45, 7) is 0. The molecule has 0 fully saturated rings. The summed E-state index contributed by atoms with van der Waals surface area (Å²) in [5, 5.41) is 16.9. The third-order valence-electron chi connectivity index (χ3n) is 3.43. The number of carbonyl (C=O) groups is 1. The molecule has 0 saturated carbocycles. The lowest BCUT2D eigenvalue weighted by Crippen LogP contribution is -2.12. The van der Waals surface area contributed by atoms with Gasteiger partial charge in [-0.3, -0.25) is 10.1 Å². The number of nitrogens with zero attached hydrogens (tertiary/aromatic N) is 4. The molecule has 7 heteroatoms. The van der Waals surface area contributed by atoms with Crippen LogP contribution in [0, 0.1) is 0 Å². The Morgan fingerprint density at radius 1 is 1.38 bits per heavy atom. The van der Waals surface area contributed by atoms with Gasteiger partial charge in [-0.05, 0) is 29.7 Å². The van der Waals surface area contributed by atoms with E-state index in [0.29, 0.717) is 6.42 Å². The summed E-state index contributed by atoms with van der Waals surface area (Å²) in [6, 6.07) is 8.28. The van der Waals surface area contributed by atoms with Crippen molar-refractivity contribution < 1.29 is 4.79 Å². The molecule has 3 aromatic rings. The normalized spacial score (nSPS) is 10.9. The van der Waals surface area contributed by atoms with Gasteiger partial charge in [0, 0.05) is 30.6 Å². The largest absolute Gasteiger partial charge is 0.350 e. The zero-order valence-electron chi connectivity index (χ0n) is 11.7. The Morgan fingerprint density at radius 2 is 2.24 bits per heavy atom. The van der Waals surface area contributed by atoms with Crippen LogP contribution in [0.15, 0.2) is 30.5 Å². The molecule has 1 amide bonds. The summed E-state index contributed by atoms with van der Waals surface area (Å²) in [5.41, 5.74) is 2.48. The number of hydrogen-bond donors (Lipinski definition) is 2. The zero-order valence-corrected chi connectivity index (χ0v) is 11.7. The number of anilines is 1. The lowest BCUT2D eigenvalue weighted by atomic mass is 10.1. The Kier molecular flexibility index (Phi) is 3.63. The maximum atomic E-state index is 11.7. The van der Waals surface area contributed by atoms with E-state index in [9.17, 15) is 4.79 Å². The van der Waals surface area contributed by atoms with Crippen molar-refractivity contribution in [2.24, 2.45) is 7.05 Å². The van der Waals surface area contributed by atoms with Gasteiger partial charge in [0.25, 0.3) is 5.95 Å². The second kappa shape index (κ2) is 5.74. The smallest absolute Gasteiger partial charge is 0.269 e. The molecule has 0 aliphatic rings. The number of benzene rings is 1. The predicted octanol–water partition coefficient (Wildman–Crippen LogP) is 1.65. The molecule has 108 valence electrons. The lowest BCUT2D eigenvalue weighted by molar-refractivity contribution is -0.116. The quantitative estimate of drug-likeness (QED) is 0.745. The number of aromatic amines is 1. The molecular weight excluding hydrogens is 268 g/mol. The van der Waals surface area contributed by atoms with Crippen molar-refractivity contribution in [2.75, 3.05) is 5.32 Å². The van der Waals surface area contributed by atoms with Gasteiger partial charge in [0.15, 0.2) is 0 Å². The maximum Gasteiger partial charge on any atom is 0.269 e. The minimum atomic E-state index is -0.100. The van der Waals surface area contributed by atoms with Crippen LogP contribution in [0.25, 0.3) is 10.9 Å². The first-order valence-electron chi connectivity index (χ1n) is 6.80. The average molecular weight is 284 g/mol. The number of hydrogen-bond acceptors (Lipinski definition) is 4. The third kappa shape index (κ3) is 2.91. The Hall–Kier alpha value is -2.70. The van der Waals surface area contributed by atoms with Crippen molar-refractivity contribution in [3.05, 3.63) is 36.0 Å². The second-order valence-electron chi connectivity index (χ2n) is 4.92. The van der Waals surface area contributed by atoms with E-state index in [1.54, 1.807) is 0 Å². The summed E-state index contributed by atoms with van der Waals surface area (Å²) in [5.74, 6) is 0.113. The molecule has 1 aromatic carbocycles. The summed E-state index contributed by atoms with van der Waals surface area (Å²) in [7, 11) is 2.04. The Bertz CT molecular complexity index is 746. The van der Waals surface area contributed by atoms with Gasteiger partial charge < -0.3 is 4.57 Å².